The molecule has 0 radical (unpaired) electrons. The molecule has 0 bridgehead atoms. The zero-order valence-corrected chi connectivity index (χ0v) is 11.3. The van der Waals surface area contributed by atoms with Crippen LogP contribution in [0.5, 0.6) is 0 Å². The van der Waals surface area contributed by atoms with Crippen molar-refractivity contribution < 1.29 is 4.74 Å². The zero-order valence-electron chi connectivity index (χ0n) is 11.3. The van der Waals surface area contributed by atoms with Crippen molar-refractivity contribution in [2.24, 2.45) is 5.73 Å². The Balaban J connectivity index is 1.81. The topological polar surface area (TPSA) is 38.5 Å². The van der Waals surface area contributed by atoms with E-state index in [2.05, 4.69) is 11.9 Å². The Morgan fingerprint density at radius 2 is 2.00 bits per heavy atom. The lowest BCUT2D eigenvalue weighted by atomic mass is 9.80. The first kappa shape index (κ1) is 13.3. The van der Waals surface area contributed by atoms with Gasteiger partial charge in [-0.1, -0.05) is 19.3 Å². The van der Waals surface area contributed by atoms with Gasteiger partial charge in [-0.05, 0) is 39.2 Å². The summed E-state index contributed by atoms with van der Waals surface area (Å²) in [7, 11) is 2.26. The van der Waals surface area contributed by atoms with Gasteiger partial charge in [-0.25, -0.2) is 0 Å². The molecule has 0 spiro atoms. The van der Waals surface area contributed by atoms with Crippen molar-refractivity contribution in [3.63, 3.8) is 0 Å². The molecule has 1 saturated carbocycles. The average Bonchev–Trinajstić information content (AvgIpc) is 2.90. The van der Waals surface area contributed by atoms with Gasteiger partial charge in [-0.15, -0.1) is 0 Å². The van der Waals surface area contributed by atoms with E-state index in [0.29, 0.717) is 6.10 Å². The molecule has 17 heavy (non-hydrogen) atoms. The maximum atomic E-state index is 6.05. The fourth-order valence-electron chi connectivity index (χ4n) is 3.40. The van der Waals surface area contributed by atoms with E-state index in [1.807, 2.05) is 0 Å². The van der Waals surface area contributed by atoms with Crippen LogP contribution < -0.4 is 5.73 Å². The van der Waals surface area contributed by atoms with Crippen molar-refractivity contribution in [2.45, 2.75) is 63.0 Å². The Morgan fingerprint density at radius 3 is 2.59 bits per heavy atom. The van der Waals surface area contributed by atoms with Crippen LogP contribution in [-0.4, -0.2) is 43.3 Å². The Hall–Kier alpha value is -0.120. The molecular formula is C14H28N2O. The Kier molecular flexibility index (Phi) is 4.83. The molecule has 3 nitrogen and oxygen atoms in total. The highest BCUT2D eigenvalue weighted by Gasteiger charge is 2.34. The molecule has 1 unspecified atom stereocenters. The molecule has 2 rings (SSSR count). The molecule has 1 aliphatic heterocycles. The summed E-state index contributed by atoms with van der Waals surface area (Å²) in [4.78, 5) is 2.52. The highest BCUT2D eigenvalue weighted by atomic mass is 16.5. The molecule has 1 saturated heterocycles. The number of likely N-dealkylation sites (N-methyl/N-ethyl adjacent to an activating group) is 1. The van der Waals surface area contributed by atoms with Crippen LogP contribution in [0.1, 0.15) is 51.4 Å². The van der Waals surface area contributed by atoms with Crippen LogP contribution in [0.15, 0.2) is 0 Å². The van der Waals surface area contributed by atoms with Crippen molar-refractivity contribution in [2.75, 3.05) is 26.7 Å². The summed E-state index contributed by atoms with van der Waals surface area (Å²) in [6.45, 7) is 2.92. The van der Waals surface area contributed by atoms with Gasteiger partial charge in [-0.2, -0.15) is 0 Å². The summed E-state index contributed by atoms with van der Waals surface area (Å²) < 4.78 is 5.70. The smallest absolute Gasteiger partial charge is 0.0588 e. The van der Waals surface area contributed by atoms with E-state index in [0.717, 1.165) is 19.7 Å². The van der Waals surface area contributed by atoms with Gasteiger partial charge in [0.25, 0.3) is 0 Å². The van der Waals surface area contributed by atoms with Crippen LogP contribution in [0.25, 0.3) is 0 Å². The van der Waals surface area contributed by atoms with E-state index in [1.54, 1.807) is 0 Å². The standard InChI is InChI=1S/C14H28N2O/c1-16(10-7-13-6-5-11-17-13)14(12-15)8-3-2-4-9-14/h13H,2-12,15H2,1H3. The third-order valence-corrected chi connectivity index (χ3v) is 4.78. The minimum atomic E-state index is 0.289. The molecule has 0 amide bonds. The van der Waals surface area contributed by atoms with E-state index in [4.69, 9.17) is 10.5 Å². The summed E-state index contributed by atoms with van der Waals surface area (Å²) >= 11 is 0. The van der Waals surface area contributed by atoms with Gasteiger partial charge in [0.1, 0.15) is 0 Å². The maximum Gasteiger partial charge on any atom is 0.0588 e. The lowest BCUT2D eigenvalue weighted by molar-refractivity contribution is 0.0512. The molecular weight excluding hydrogens is 212 g/mol. The van der Waals surface area contributed by atoms with Crippen molar-refractivity contribution in [1.29, 1.82) is 0 Å². The van der Waals surface area contributed by atoms with Gasteiger partial charge >= 0.3 is 0 Å². The van der Waals surface area contributed by atoms with Gasteiger partial charge in [0.2, 0.25) is 0 Å². The Morgan fingerprint density at radius 1 is 1.24 bits per heavy atom. The SMILES string of the molecule is CN(CCC1CCCO1)C1(CN)CCCCC1. The quantitative estimate of drug-likeness (QED) is 0.800. The van der Waals surface area contributed by atoms with Crippen molar-refractivity contribution in [3.8, 4) is 0 Å². The monoisotopic (exact) mass is 240 g/mol. The molecule has 1 aliphatic carbocycles. The summed E-state index contributed by atoms with van der Waals surface area (Å²) in [5, 5.41) is 0. The molecule has 1 heterocycles. The second-order valence-corrected chi connectivity index (χ2v) is 5.83. The predicted molar refractivity (Wildman–Crippen MR) is 71.1 cm³/mol. The molecule has 100 valence electrons. The Labute approximate surface area is 106 Å². The van der Waals surface area contributed by atoms with Crippen molar-refractivity contribution in [1.82, 2.24) is 4.90 Å². The van der Waals surface area contributed by atoms with Gasteiger partial charge in [0.15, 0.2) is 0 Å². The summed E-state index contributed by atoms with van der Waals surface area (Å²) in [6.07, 6.45) is 10.8. The maximum absolute atomic E-state index is 6.05. The third-order valence-electron chi connectivity index (χ3n) is 4.78. The fourth-order valence-corrected chi connectivity index (χ4v) is 3.40. The van der Waals surface area contributed by atoms with E-state index < -0.39 is 0 Å². The number of hydrogen-bond donors (Lipinski definition) is 1. The lowest BCUT2D eigenvalue weighted by Gasteiger charge is -2.44. The van der Waals surface area contributed by atoms with Gasteiger partial charge in [-0.3, -0.25) is 4.90 Å². The third kappa shape index (κ3) is 3.21. The van der Waals surface area contributed by atoms with Gasteiger partial charge in [0.05, 0.1) is 6.10 Å². The van der Waals surface area contributed by atoms with Crippen LogP contribution in [0.2, 0.25) is 0 Å². The van der Waals surface area contributed by atoms with Crippen molar-refractivity contribution in [3.05, 3.63) is 0 Å². The van der Waals surface area contributed by atoms with Gasteiger partial charge < -0.3 is 10.5 Å². The van der Waals surface area contributed by atoms with E-state index in [-0.39, 0.29) is 5.54 Å². The predicted octanol–water partition coefficient (Wildman–Crippen LogP) is 2.15. The number of ether oxygens (including phenoxy) is 1. The second kappa shape index (κ2) is 6.17. The van der Waals surface area contributed by atoms with E-state index >= 15 is 0 Å². The van der Waals surface area contributed by atoms with Crippen molar-refractivity contribution >= 4 is 0 Å². The highest BCUT2D eigenvalue weighted by Crippen LogP contribution is 2.32. The molecule has 2 aliphatic rings. The van der Waals surface area contributed by atoms with Gasteiger partial charge in [0, 0.05) is 25.2 Å². The Bertz CT molecular complexity index is 220. The minimum absolute atomic E-state index is 0.289. The van der Waals surface area contributed by atoms with E-state index in [1.165, 1.54) is 51.4 Å². The lowest BCUT2D eigenvalue weighted by Crippen LogP contribution is -2.53. The molecule has 0 aromatic heterocycles. The zero-order chi connectivity index (χ0) is 12.1. The van der Waals surface area contributed by atoms with Crippen LogP contribution in [-0.2, 0) is 4.74 Å². The van der Waals surface area contributed by atoms with E-state index in [9.17, 15) is 0 Å². The first-order valence-electron chi connectivity index (χ1n) is 7.30. The number of nitrogens with zero attached hydrogens (tertiary/aromatic N) is 1. The van der Waals surface area contributed by atoms with Crippen LogP contribution in [0.4, 0.5) is 0 Å². The number of nitrogens with two attached hydrogens (primary N) is 1. The normalized spacial score (nSPS) is 28.8. The molecule has 0 aromatic carbocycles. The molecule has 1 atom stereocenters. The molecule has 2 fully saturated rings. The van der Waals surface area contributed by atoms with Crippen LogP contribution >= 0.6 is 0 Å². The van der Waals surface area contributed by atoms with Crippen LogP contribution in [0.3, 0.4) is 0 Å². The summed E-state index contributed by atoms with van der Waals surface area (Å²) in [6, 6.07) is 0. The largest absolute Gasteiger partial charge is 0.378 e. The number of rotatable bonds is 5. The molecule has 3 heteroatoms. The highest BCUT2D eigenvalue weighted by molar-refractivity contribution is 4.93. The average molecular weight is 240 g/mol. The summed E-state index contributed by atoms with van der Waals surface area (Å²) in [5.74, 6) is 0. The van der Waals surface area contributed by atoms with Crippen LogP contribution in [0, 0.1) is 0 Å². The number of hydrogen-bond acceptors (Lipinski definition) is 3. The summed E-state index contributed by atoms with van der Waals surface area (Å²) in [5.41, 5.74) is 6.34. The fraction of sp³-hybridized carbons (Fsp3) is 1.00. The first-order chi connectivity index (χ1) is 8.27. The minimum Gasteiger partial charge on any atom is -0.378 e. The second-order valence-electron chi connectivity index (χ2n) is 5.83. The molecule has 2 N–H and O–H groups in total. The first-order valence-corrected chi connectivity index (χ1v) is 7.30. The molecule has 0 aromatic rings.